The second-order valence-electron chi connectivity index (χ2n) is 4.26. The third-order valence-electron chi connectivity index (χ3n) is 2.82. The van der Waals surface area contributed by atoms with Crippen LogP contribution in [0.1, 0.15) is 46.5 Å². The van der Waals surface area contributed by atoms with E-state index in [1.807, 2.05) is 6.92 Å². The predicted octanol–water partition coefficient (Wildman–Crippen LogP) is 3.30. The second kappa shape index (κ2) is 3.61. The van der Waals surface area contributed by atoms with Gasteiger partial charge in [0.1, 0.15) is 0 Å². The summed E-state index contributed by atoms with van der Waals surface area (Å²) in [5.41, 5.74) is 1.27. The first-order valence-electron chi connectivity index (χ1n) is 4.87. The van der Waals surface area contributed by atoms with Gasteiger partial charge in [-0.1, -0.05) is 25.0 Å². The Bertz CT molecular complexity index is 166. The minimum absolute atomic E-state index is 0.137. The molecular formula is C11H20O. The SMILES string of the molecule is C=C(C)C(C)OC1(C)CCCC1. The Labute approximate surface area is 75.8 Å². The van der Waals surface area contributed by atoms with E-state index in [-0.39, 0.29) is 11.7 Å². The van der Waals surface area contributed by atoms with Crippen LogP contribution in [0.5, 0.6) is 0 Å². The average molecular weight is 168 g/mol. The molecule has 1 atom stereocenters. The smallest absolute Gasteiger partial charge is 0.0758 e. The van der Waals surface area contributed by atoms with E-state index in [0.29, 0.717) is 0 Å². The molecule has 0 aromatic heterocycles. The van der Waals surface area contributed by atoms with Gasteiger partial charge in [0.2, 0.25) is 0 Å². The van der Waals surface area contributed by atoms with Gasteiger partial charge in [-0.05, 0) is 33.6 Å². The molecule has 1 saturated carbocycles. The molecule has 0 heterocycles. The summed E-state index contributed by atoms with van der Waals surface area (Å²) in [6.07, 6.45) is 5.28. The van der Waals surface area contributed by atoms with Crippen molar-refractivity contribution in [3.63, 3.8) is 0 Å². The lowest BCUT2D eigenvalue weighted by Crippen LogP contribution is -2.29. The molecule has 0 bridgehead atoms. The molecule has 0 radical (unpaired) electrons. The molecule has 70 valence electrons. The number of hydrogen-bond acceptors (Lipinski definition) is 1. The second-order valence-corrected chi connectivity index (χ2v) is 4.26. The maximum atomic E-state index is 5.96. The molecule has 12 heavy (non-hydrogen) atoms. The molecule has 0 spiro atoms. The summed E-state index contributed by atoms with van der Waals surface area (Å²) < 4.78 is 5.96. The van der Waals surface area contributed by atoms with Gasteiger partial charge in [-0.2, -0.15) is 0 Å². The first kappa shape index (κ1) is 9.79. The van der Waals surface area contributed by atoms with Crippen LogP contribution in [0.15, 0.2) is 12.2 Å². The van der Waals surface area contributed by atoms with Crippen LogP contribution in [-0.2, 0) is 4.74 Å². The molecule has 1 heteroatoms. The van der Waals surface area contributed by atoms with Crippen LogP contribution >= 0.6 is 0 Å². The highest BCUT2D eigenvalue weighted by atomic mass is 16.5. The largest absolute Gasteiger partial charge is 0.368 e. The monoisotopic (exact) mass is 168 g/mol. The van der Waals surface area contributed by atoms with Crippen molar-refractivity contribution in [2.24, 2.45) is 0 Å². The Hall–Kier alpha value is -0.300. The fourth-order valence-electron chi connectivity index (χ4n) is 1.77. The fraction of sp³-hybridized carbons (Fsp3) is 0.818. The van der Waals surface area contributed by atoms with E-state index >= 15 is 0 Å². The Balaban J connectivity index is 2.43. The van der Waals surface area contributed by atoms with Gasteiger partial charge < -0.3 is 4.74 Å². The highest BCUT2D eigenvalue weighted by Crippen LogP contribution is 2.34. The molecule has 1 aliphatic carbocycles. The number of rotatable bonds is 3. The molecule has 1 nitrogen and oxygen atoms in total. The van der Waals surface area contributed by atoms with Crippen LogP contribution in [-0.4, -0.2) is 11.7 Å². The normalized spacial score (nSPS) is 23.9. The van der Waals surface area contributed by atoms with Gasteiger partial charge >= 0.3 is 0 Å². The van der Waals surface area contributed by atoms with Gasteiger partial charge in [0, 0.05) is 0 Å². The van der Waals surface area contributed by atoms with Crippen molar-refractivity contribution in [1.82, 2.24) is 0 Å². The topological polar surface area (TPSA) is 9.23 Å². The average Bonchev–Trinajstić information content (AvgIpc) is 2.35. The highest BCUT2D eigenvalue weighted by molar-refractivity contribution is 4.97. The van der Waals surface area contributed by atoms with Crippen LogP contribution in [0.25, 0.3) is 0 Å². The lowest BCUT2D eigenvalue weighted by atomic mass is 10.0. The van der Waals surface area contributed by atoms with Gasteiger partial charge in [-0.25, -0.2) is 0 Å². The zero-order valence-electron chi connectivity index (χ0n) is 8.52. The van der Waals surface area contributed by atoms with Crippen LogP contribution < -0.4 is 0 Å². The van der Waals surface area contributed by atoms with E-state index in [9.17, 15) is 0 Å². The van der Waals surface area contributed by atoms with Crippen molar-refractivity contribution in [1.29, 1.82) is 0 Å². The lowest BCUT2D eigenvalue weighted by Gasteiger charge is -2.28. The van der Waals surface area contributed by atoms with E-state index in [1.54, 1.807) is 0 Å². The molecule has 0 N–H and O–H groups in total. The first-order valence-corrected chi connectivity index (χ1v) is 4.87. The van der Waals surface area contributed by atoms with Gasteiger partial charge in [-0.3, -0.25) is 0 Å². The van der Waals surface area contributed by atoms with Gasteiger partial charge in [-0.15, -0.1) is 0 Å². The Morgan fingerprint density at radius 1 is 1.42 bits per heavy atom. The number of hydrogen-bond donors (Lipinski definition) is 0. The minimum atomic E-state index is 0.137. The molecule has 1 fully saturated rings. The van der Waals surface area contributed by atoms with E-state index in [4.69, 9.17) is 4.74 Å². The maximum Gasteiger partial charge on any atom is 0.0758 e. The third-order valence-corrected chi connectivity index (χ3v) is 2.82. The van der Waals surface area contributed by atoms with Gasteiger partial charge in [0.25, 0.3) is 0 Å². The Morgan fingerprint density at radius 2 is 1.92 bits per heavy atom. The Morgan fingerprint density at radius 3 is 2.33 bits per heavy atom. The molecule has 0 aromatic rings. The molecular weight excluding hydrogens is 148 g/mol. The summed E-state index contributed by atoms with van der Waals surface area (Å²) in [5.74, 6) is 0. The summed E-state index contributed by atoms with van der Waals surface area (Å²) in [5, 5.41) is 0. The van der Waals surface area contributed by atoms with E-state index in [1.165, 1.54) is 25.7 Å². The minimum Gasteiger partial charge on any atom is -0.368 e. The summed E-state index contributed by atoms with van der Waals surface area (Å²) in [7, 11) is 0. The molecule has 0 amide bonds. The van der Waals surface area contributed by atoms with E-state index in [0.717, 1.165) is 5.57 Å². The van der Waals surface area contributed by atoms with Crippen molar-refractivity contribution in [3.05, 3.63) is 12.2 Å². The van der Waals surface area contributed by atoms with E-state index in [2.05, 4.69) is 20.4 Å². The molecule has 0 aliphatic heterocycles. The van der Waals surface area contributed by atoms with Crippen molar-refractivity contribution >= 4 is 0 Å². The highest BCUT2D eigenvalue weighted by Gasteiger charge is 2.31. The van der Waals surface area contributed by atoms with Crippen molar-refractivity contribution < 1.29 is 4.74 Å². The Kier molecular flexibility index (Phi) is 2.94. The molecule has 1 rings (SSSR count). The first-order chi connectivity index (χ1) is 5.53. The van der Waals surface area contributed by atoms with Crippen molar-refractivity contribution in [2.45, 2.75) is 58.2 Å². The standard InChI is InChI=1S/C11H20O/c1-9(2)10(3)12-11(4)7-5-6-8-11/h10H,1,5-8H2,2-4H3. The lowest BCUT2D eigenvalue weighted by molar-refractivity contribution is -0.0555. The molecule has 0 aromatic carbocycles. The van der Waals surface area contributed by atoms with Crippen LogP contribution in [0, 0.1) is 0 Å². The predicted molar refractivity (Wildman–Crippen MR) is 52.2 cm³/mol. The zero-order chi connectivity index (χ0) is 9.19. The molecule has 1 aliphatic rings. The fourth-order valence-corrected chi connectivity index (χ4v) is 1.77. The zero-order valence-corrected chi connectivity index (χ0v) is 8.52. The molecule has 1 unspecified atom stereocenters. The van der Waals surface area contributed by atoms with Crippen LogP contribution in [0.4, 0.5) is 0 Å². The summed E-state index contributed by atoms with van der Waals surface area (Å²) in [6.45, 7) is 10.2. The number of ether oxygens (including phenoxy) is 1. The van der Waals surface area contributed by atoms with E-state index < -0.39 is 0 Å². The third kappa shape index (κ3) is 2.34. The summed E-state index contributed by atoms with van der Waals surface area (Å²) in [6, 6.07) is 0. The van der Waals surface area contributed by atoms with Crippen molar-refractivity contribution in [3.8, 4) is 0 Å². The molecule has 0 saturated heterocycles. The summed E-state index contributed by atoms with van der Waals surface area (Å²) >= 11 is 0. The summed E-state index contributed by atoms with van der Waals surface area (Å²) in [4.78, 5) is 0. The van der Waals surface area contributed by atoms with Gasteiger partial charge in [0.15, 0.2) is 0 Å². The van der Waals surface area contributed by atoms with Gasteiger partial charge in [0.05, 0.1) is 11.7 Å². The maximum absolute atomic E-state index is 5.96. The van der Waals surface area contributed by atoms with Crippen molar-refractivity contribution in [2.75, 3.05) is 0 Å². The quantitative estimate of drug-likeness (QED) is 0.587. The van der Waals surface area contributed by atoms with Crippen LogP contribution in [0.3, 0.4) is 0 Å². The van der Waals surface area contributed by atoms with Crippen LogP contribution in [0.2, 0.25) is 0 Å².